The van der Waals surface area contributed by atoms with Gasteiger partial charge in [-0.2, -0.15) is 0 Å². The lowest BCUT2D eigenvalue weighted by molar-refractivity contribution is 0.354. The lowest BCUT2D eigenvalue weighted by Crippen LogP contribution is -2.38. The van der Waals surface area contributed by atoms with Crippen molar-refractivity contribution in [3.05, 3.63) is 0 Å². The third kappa shape index (κ3) is 6.10. The van der Waals surface area contributed by atoms with Gasteiger partial charge < -0.3 is 15.9 Å². The van der Waals surface area contributed by atoms with Crippen LogP contribution in [0, 0.1) is 0 Å². The zero-order valence-electron chi connectivity index (χ0n) is 4.55. The largest absolute Gasteiger partial charge is 0.421 e. The summed E-state index contributed by atoms with van der Waals surface area (Å²) < 4.78 is 4.98. The fourth-order valence-electron chi connectivity index (χ4n) is 0.254. The highest BCUT2D eigenvalue weighted by molar-refractivity contribution is 6.29. The average Bonchev–Trinajstić information content (AvgIpc) is 1.61. The van der Waals surface area contributed by atoms with Gasteiger partial charge in [-0.25, -0.2) is 0 Å². The topological polar surface area (TPSA) is 61.3 Å². The van der Waals surface area contributed by atoms with Gasteiger partial charge >= 0.3 is 0 Å². The molecule has 0 saturated heterocycles. The summed E-state index contributed by atoms with van der Waals surface area (Å²) in [6.07, 6.45) is 0. The molecule has 0 aliphatic rings. The summed E-state index contributed by atoms with van der Waals surface area (Å²) in [6.45, 7) is 2.69. The molecule has 3 nitrogen and oxygen atoms in total. The second kappa shape index (κ2) is 4.26. The van der Waals surface area contributed by atoms with Crippen LogP contribution < -0.4 is 11.5 Å². The standard InChI is InChI=1S/C3H12N2OSi/c1-2-6-7-3(4)5/h3H,2,4-5,7H2,1H3. The Morgan fingerprint density at radius 1 is 1.71 bits per heavy atom. The van der Waals surface area contributed by atoms with Gasteiger partial charge in [-0.3, -0.25) is 0 Å². The van der Waals surface area contributed by atoms with Crippen LogP contribution in [-0.4, -0.2) is 22.2 Å². The summed E-state index contributed by atoms with van der Waals surface area (Å²) in [7, 11) is -0.598. The molecule has 0 fully saturated rings. The molecule has 0 aliphatic carbocycles. The Balaban J connectivity index is 2.68. The van der Waals surface area contributed by atoms with Crippen molar-refractivity contribution < 1.29 is 4.43 Å². The Morgan fingerprint density at radius 2 is 2.29 bits per heavy atom. The van der Waals surface area contributed by atoms with Gasteiger partial charge in [0.25, 0.3) is 0 Å². The first-order chi connectivity index (χ1) is 3.27. The Hall–Kier alpha value is 0.0969. The predicted octanol–water partition coefficient (Wildman–Crippen LogP) is -1.69. The maximum atomic E-state index is 5.19. The molecule has 44 valence electrons. The van der Waals surface area contributed by atoms with Crippen molar-refractivity contribution in [2.75, 3.05) is 6.61 Å². The second-order valence-corrected chi connectivity index (χ2v) is 3.01. The van der Waals surface area contributed by atoms with Crippen molar-refractivity contribution in [1.29, 1.82) is 0 Å². The lowest BCUT2D eigenvalue weighted by atomic mass is 10.9. The third-order valence-corrected chi connectivity index (χ3v) is 1.54. The second-order valence-electron chi connectivity index (χ2n) is 1.32. The zero-order chi connectivity index (χ0) is 5.70. The molecule has 0 radical (unpaired) electrons. The van der Waals surface area contributed by atoms with E-state index in [9.17, 15) is 0 Å². The molecule has 0 atom stereocenters. The number of hydrogen-bond donors (Lipinski definition) is 2. The predicted molar refractivity (Wildman–Crippen MR) is 32.3 cm³/mol. The van der Waals surface area contributed by atoms with Crippen LogP contribution in [-0.2, 0) is 4.43 Å². The van der Waals surface area contributed by atoms with Crippen LogP contribution in [0.2, 0.25) is 0 Å². The van der Waals surface area contributed by atoms with E-state index >= 15 is 0 Å². The maximum Gasteiger partial charge on any atom is 0.192 e. The average molecular weight is 120 g/mol. The van der Waals surface area contributed by atoms with E-state index in [0.717, 1.165) is 6.61 Å². The first kappa shape index (κ1) is 7.10. The summed E-state index contributed by atoms with van der Waals surface area (Å²) in [5, 5.41) is 0. The molecule has 4 N–H and O–H groups in total. The fourth-order valence-corrected chi connectivity index (χ4v) is 0.762. The van der Waals surface area contributed by atoms with E-state index in [1.165, 1.54) is 0 Å². The van der Waals surface area contributed by atoms with Crippen molar-refractivity contribution in [3.8, 4) is 0 Å². The molecule has 0 bridgehead atoms. The van der Waals surface area contributed by atoms with Gasteiger partial charge in [-0.05, 0) is 6.92 Å². The highest BCUT2D eigenvalue weighted by atomic mass is 28.2. The zero-order valence-corrected chi connectivity index (χ0v) is 5.97. The van der Waals surface area contributed by atoms with Crippen molar-refractivity contribution in [2.45, 2.75) is 12.7 Å². The minimum absolute atomic E-state index is 0.181. The van der Waals surface area contributed by atoms with E-state index < -0.39 is 9.76 Å². The minimum Gasteiger partial charge on any atom is -0.421 e. The quantitative estimate of drug-likeness (QED) is 0.345. The molecular formula is C3H12N2OSi. The van der Waals surface area contributed by atoms with E-state index in [0.29, 0.717) is 0 Å². The van der Waals surface area contributed by atoms with Gasteiger partial charge in [0.2, 0.25) is 0 Å². The van der Waals surface area contributed by atoms with Crippen molar-refractivity contribution in [1.82, 2.24) is 0 Å². The number of rotatable bonds is 3. The van der Waals surface area contributed by atoms with Crippen LogP contribution in [0.15, 0.2) is 0 Å². The molecule has 0 rings (SSSR count). The van der Waals surface area contributed by atoms with E-state index in [2.05, 4.69) is 0 Å². The van der Waals surface area contributed by atoms with E-state index in [1.807, 2.05) is 6.92 Å². The van der Waals surface area contributed by atoms with Crippen molar-refractivity contribution in [3.63, 3.8) is 0 Å². The van der Waals surface area contributed by atoms with E-state index in [1.54, 1.807) is 0 Å². The molecule has 0 aromatic rings. The van der Waals surface area contributed by atoms with Crippen molar-refractivity contribution in [2.24, 2.45) is 11.5 Å². The van der Waals surface area contributed by atoms with Crippen LogP contribution >= 0.6 is 0 Å². The lowest BCUT2D eigenvalue weighted by Gasteiger charge is -2.01. The summed E-state index contributed by atoms with van der Waals surface area (Å²) in [5.41, 5.74) is 10.4. The van der Waals surface area contributed by atoms with Crippen LogP contribution in [0.3, 0.4) is 0 Å². The van der Waals surface area contributed by atoms with Gasteiger partial charge in [0.15, 0.2) is 9.76 Å². The molecule has 0 amide bonds. The highest BCUT2D eigenvalue weighted by Crippen LogP contribution is 1.66. The molecule has 0 aromatic carbocycles. The van der Waals surface area contributed by atoms with E-state index in [-0.39, 0.29) is 5.79 Å². The summed E-state index contributed by atoms with van der Waals surface area (Å²) >= 11 is 0. The normalized spacial score (nSPS) is 12.0. The Kier molecular flexibility index (Phi) is 4.32. The Labute approximate surface area is 46.0 Å². The number of nitrogens with two attached hydrogens (primary N) is 2. The smallest absolute Gasteiger partial charge is 0.192 e. The Bertz CT molecular complexity index is 41.9. The fraction of sp³-hybridized carbons (Fsp3) is 1.00. The van der Waals surface area contributed by atoms with Crippen LogP contribution in [0.25, 0.3) is 0 Å². The third-order valence-electron chi connectivity index (χ3n) is 0.514. The van der Waals surface area contributed by atoms with Crippen LogP contribution in [0.5, 0.6) is 0 Å². The van der Waals surface area contributed by atoms with Crippen LogP contribution in [0.4, 0.5) is 0 Å². The highest BCUT2D eigenvalue weighted by Gasteiger charge is 1.90. The SMILES string of the molecule is CCO[SiH2]C(N)N. The molecule has 0 aromatic heterocycles. The van der Waals surface area contributed by atoms with Gasteiger partial charge in [-0.1, -0.05) is 0 Å². The number of hydrogen-bond acceptors (Lipinski definition) is 3. The molecular weight excluding hydrogens is 108 g/mol. The summed E-state index contributed by atoms with van der Waals surface area (Å²) in [6, 6.07) is 0. The maximum absolute atomic E-state index is 5.19. The molecule has 0 aliphatic heterocycles. The van der Waals surface area contributed by atoms with Gasteiger partial charge in [0, 0.05) is 6.61 Å². The van der Waals surface area contributed by atoms with Crippen molar-refractivity contribution >= 4 is 9.76 Å². The van der Waals surface area contributed by atoms with Crippen LogP contribution in [0.1, 0.15) is 6.92 Å². The monoisotopic (exact) mass is 120 g/mol. The summed E-state index contributed by atoms with van der Waals surface area (Å²) in [4.78, 5) is 0. The van der Waals surface area contributed by atoms with E-state index in [4.69, 9.17) is 15.9 Å². The minimum atomic E-state index is -0.598. The molecule has 4 heteroatoms. The summed E-state index contributed by atoms with van der Waals surface area (Å²) in [5.74, 6) is -0.181. The van der Waals surface area contributed by atoms with Gasteiger partial charge in [-0.15, -0.1) is 0 Å². The molecule has 0 saturated carbocycles. The molecule has 0 heterocycles. The first-order valence-electron chi connectivity index (χ1n) is 2.36. The molecule has 7 heavy (non-hydrogen) atoms. The Morgan fingerprint density at radius 3 is 2.43 bits per heavy atom. The molecule has 0 spiro atoms. The van der Waals surface area contributed by atoms with Gasteiger partial charge in [0.05, 0.1) is 5.79 Å². The molecule has 0 unspecified atom stereocenters. The first-order valence-corrected chi connectivity index (χ1v) is 3.75. The van der Waals surface area contributed by atoms with Gasteiger partial charge in [0.1, 0.15) is 0 Å².